The Labute approximate surface area is 189 Å². The van der Waals surface area contributed by atoms with Crippen LogP contribution in [0, 0.1) is 11.8 Å². The van der Waals surface area contributed by atoms with Crippen molar-refractivity contribution >= 4 is 22.4 Å². The Balaban J connectivity index is 1.77. The van der Waals surface area contributed by atoms with Gasteiger partial charge in [-0.05, 0) is 47.7 Å². The van der Waals surface area contributed by atoms with Gasteiger partial charge in [0.05, 0.1) is 7.11 Å². The zero-order valence-electron chi connectivity index (χ0n) is 18.3. The molecule has 4 rings (SSSR count). The molecule has 0 spiro atoms. The molecule has 4 aromatic rings. The molecule has 0 heterocycles. The number of methoxy groups -OCH3 is 1. The van der Waals surface area contributed by atoms with E-state index in [0.717, 1.165) is 33.3 Å². The maximum absolute atomic E-state index is 13.8. The van der Waals surface area contributed by atoms with Crippen molar-refractivity contribution < 1.29 is 9.53 Å². The molecule has 0 aromatic heterocycles. The molecule has 3 nitrogen and oxygen atoms in total. The first-order valence-electron chi connectivity index (χ1n) is 10.7. The molecule has 1 N–H and O–H groups in total. The maximum Gasteiger partial charge on any atom is 0.247 e. The van der Waals surface area contributed by atoms with Gasteiger partial charge in [-0.25, -0.2) is 0 Å². The van der Waals surface area contributed by atoms with E-state index in [1.165, 1.54) is 0 Å². The fraction of sp³-hybridized carbons (Fsp3) is 0.138. The number of benzene rings is 4. The van der Waals surface area contributed by atoms with Crippen molar-refractivity contribution in [3.8, 4) is 17.6 Å². The molecule has 32 heavy (non-hydrogen) atoms. The van der Waals surface area contributed by atoms with Crippen molar-refractivity contribution in [2.24, 2.45) is 0 Å². The van der Waals surface area contributed by atoms with Gasteiger partial charge in [-0.1, -0.05) is 85.5 Å². The summed E-state index contributed by atoms with van der Waals surface area (Å²) in [5.41, 5.74) is 1.50. The van der Waals surface area contributed by atoms with Gasteiger partial charge >= 0.3 is 0 Å². The number of anilines is 1. The van der Waals surface area contributed by atoms with Gasteiger partial charge in [0.2, 0.25) is 5.91 Å². The Hall–Kier alpha value is -4.03. The molecule has 3 heteroatoms. The first-order chi connectivity index (χ1) is 15.7. The van der Waals surface area contributed by atoms with Crippen LogP contribution in [0.3, 0.4) is 0 Å². The Kier molecular flexibility index (Phi) is 6.24. The van der Waals surface area contributed by atoms with Crippen LogP contribution in [0.2, 0.25) is 0 Å². The zero-order valence-corrected chi connectivity index (χ0v) is 18.3. The number of ether oxygens (including phenoxy) is 1. The van der Waals surface area contributed by atoms with E-state index in [9.17, 15) is 4.79 Å². The van der Waals surface area contributed by atoms with Crippen LogP contribution in [0.4, 0.5) is 5.69 Å². The van der Waals surface area contributed by atoms with Gasteiger partial charge < -0.3 is 10.1 Å². The van der Waals surface area contributed by atoms with E-state index < -0.39 is 5.41 Å². The largest absolute Gasteiger partial charge is 0.497 e. The van der Waals surface area contributed by atoms with Crippen molar-refractivity contribution in [3.05, 3.63) is 108 Å². The summed E-state index contributed by atoms with van der Waals surface area (Å²) >= 11 is 0. The number of amides is 1. The minimum absolute atomic E-state index is 0.136. The second-order valence-electron chi connectivity index (χ2n) is 7.58. The summed E-state index contributed by atoms with van der Waals surface area (Å²) in [5.74, 6) is 7.18. The molecule has 0 aliphatic rings. The molecule has 1 atom stereocenters. The Morgan fingerprint density at radius 3 is 2.28 bits per heavy atom. The monoisotopic (exact) mass is 419 g/mol. The van der Waals surface area contributed by atoms with E-state index in [4.69, 9.17) is 4.74 Å². The number of hydrogen-bond acceptors (Lipinski definition) is 2. The summed E-state index contributed by atoms with van der Waals surface area (Å²) in [5, 5.41) is 5.25. The molecule has 1 amide bonds. The third-order valence-electron chi connectivity index (χ3n) is 5.73. The molecule has 0 saturated heterocycles. The van der Waals surface area contributed by atoms with Crippen LogP contribution in [0.1, 0.15) is 24.5 Å². The fourth-order valence-electron chi connectivity index (χ4n) is 3.85. The van der Waals surface area contributed by atoms with Crippen LogP contribution in [0.5, 0.6) is 5.75 Å². The smallest absolute Gasteiger partial charge is 0.247 e. The molecule has 0 aliphatic carbocycles. The van der Waals surface area contributed by atoms with E-state index in [-0.39, 0.29) is 5.91 Å². The lowest BCUT2D eigenvalue weighted by atomic mass is 9.77. The Bertz CT molecular complexity index is 1280. The van der Waals surface area contributed by atoms with E-state index in [2.05, 4.69) is 17.2 Å². The molecule has 0 aliphatic heterocycles. The first-order valence-corrected chi connectivity index (χ1v) is 10.7. The third kappa shape index (κ3) is 4.22. The molecule has 0 bridgehead atoms. The van der Waals surface area contributed by atoms with Gasteiger partial charge in [0.15, 0.2) is 0 Å². The highest BCUT2D eigenvalue weighted by Gasteiger charge is 2.37. The predicted octanol–water partition coefficient (Wildman–Crippen LogP) is 6.19. The van der Waals surface area contributed by atoms with Crippen LogP contribution in [-0.4, -0.2) is 13.0 Å². The van der Waals surface area contributed by atoms with Gasteiger partial charge in [-0.2, -0.15) is 0 Å². The molecule has 0 unspecified atom stereocenters. The SMILES string of the molecule is CC[C@](C#Cc1ccc(OC)cc1)(C(=O)Nc1cccc2ccccc12)c1ccccc1. The van der Waals surface area contributed by atoms with Crippen molar-refractivity contribution in [1.29, 1.82) is 0 Å². The number of carbonyl (C=O) groups excluding carboxylic acids is 1. The molecular formula is C29H25NO2. The topological polar surface area (TPSA) is 38.3 Å². The van der Waals surface area contributed by atoms with Gasteiger partial charge in [0, 0.05) is 16.6 Å². The molecule has 0 fully saturated rings. The Morgan fingerprint density at radius 2 is 1.56 bits per heavy atom. The van der Waals surface area contributed by atoms with Gasteiger partial charge in [-0.15, -0.1) is 0 Å². The van der Waals surface area contributed by atoms with Crippen molar-refractivity contribution in [2.45, 2.75) is 18.8 Å². The first kappa shape index (κ1) is 21.2. The highest BCUT2D eigenvalue weighted by atomic mass is 16.5. The minimum Gasteiger partial charge on any atom is -0.497 e. The summed E-state index contributed by atoms with van der Waals surface area (Å²) in [4.78, 5) is 13.8. The van der Waals surface area contributed by atoms with E-state index >= 15 is 0 Å². The average Bonchev–Trinajstić information content (AvgIpc) is 2.86. The lowest BCUT2D eigenvalue weighted by Gasteiger charge is -2.27. The normalized spacial score (nSPS) is 12.3. The molecule has 158 valence electrons. The maximum atomic E-state index is 13.8. The van der Waals surface area contributed by atoms with Gasteiger partial charge in [0.1, 0.15) is 11.2 Å². The van der Waals surface area contributed by atoms with Gasteiger partial charge in [-0.3, -0.25) is 4.79 Å². The molecule has 0 saturated carbocycles. The standard InChI is InChI=1S/C29H25NO2/c1-3-29(24-12-5-4-6-13-24,21-20-22-16-18-25(32-2)19-17-22)28(31)30-27-15-9-11-23-10-7-8-14-26(23)27/h4-19H,3H2,1-2H3,(H,30,31)/t29-/m1/s1. The van der Waals surface area contributed by atoms with Crippen molar-refractivity contribution in [3.63, 3.8) is 0 Å². The van der Waals surface area contributed by atoms with Crippen LogP contribution in [0.15, 0.2) is 97.1 Å². The Morgan fingerprint density at radius 1 is 0.875 bits per heavy atom. The molecular weight excluding hydrogens is 394 g/mol. The number of fused-ring (bicyclic) bond motifs is 1. The lowest BCUT2D eigenvalue weighted by molar-refractivity contribution is -0.119. The van der Waals surface area contributed by atoms with Crippen LogP contribution < -0.4 is 10.1 Å². The van der Waals surface area contributed by atoms with E-state index in [0.29, 0.717) is 6.42 Å². The summed E-state index contributed by atoms with van der Waals surface area (Å²) in [6.45, 7) is 2.00. The number of carbonyl (C=O) groups is 1. The highest BCUT2D eigenvalue weighted by Crippen LogP contribution is 2.31. The fourth-order valence-corrected chi connectivity index (χ4v) is 3.85. The minimum atomic E-state index is -0.988. The third-order valence-corrected chi connectivity index (χ3v) is 5.73. The number of rotatable bonds is 5. The molecule has 4 aromatic carbocycles. The summed E-state index contributed by atoms with van der Waals surface area (Å²) < 4.78 is 5.23. The number of hydrogen-bond donors (Lipinski definition) is 1. The van der Waals surface area contributed by atoms with Crippen LogP contribution in [-0.2, 0) is 10.2 Å². The second-order valence-corrected chi connectivity index (χ2v) is 7.58. The van der Waals surface area contributed by atoms with Gasteiger partial charge in [0.25, 0.3) is 0 Å². The average molecular weight is 420 g/mol. The second kappa shape index (κ2) is 9.41. The summed E-state index contributed by atoms with van der Waals surface area (Å²) in [7, 11) is 1.63. The van der Waals surface area contributed by atoms with Crippen LogP contribution >= 0.6 is 0 Å². The summed E-state index contributed by atoms with van der Waals surface area (Å²) in [6.07, 6.45) is 0.538. The number of nitrogens with one attached hydrogen (secondary N) is 1. The molecule has 0 radical (unpaired) electrons. The summed E-state index contributed by atoms with van der Waals surface area (Å²) in [6, 6.07) is 31.3. The lowest BCUT2D eigenvalue weighted by Crippen LogP contribution is -2.39. The quantitative estimate of drug-likeness (QED) is 0.392. The van der Waals surface area contributed by atoms with Crippen molar-refractivity contribution in [2.75, 3.05) is 12.4 Å². The van der Waals surface area contributed by atoms with E-state index in [1.807, 2.05) is 104 Å². The predicted molar refractivity (Wildman–Crippen MR) is 131 cm³/mol. The van der Waals surface area contributed by atoms with E-state index in [1.54, 1.807) is 7.11 Å². The zero-order chi connectivity index (χ0) is 22.4. The van der Waals surface area contributed by atoms with Crippen LogP contribution in [0.25, 0.3) is 10.8 Å². The van der Waals surface area contributed by atoms with Crippen molar-refractivity contribution in [1.82, 2.24) is 0 Å². The highest BCUT2D eigenvalue weighted by molar-refractivity contribution is 6.07.